The SMILES string of the molecule is CCOCC(=O)O.Cc1ccccc1Cl. The molecule has 84 valence electrons. The molecule has 4 heteroatoms. The zero-order valence-electron chi connectivity index (χ0n) is 8.87. The van der Waals surface area contributed by atoms with E-state index < -0.39 is 5.97 Å². The van der Waals surface area contributed by atoms with E-state index in [0.717, 1.165) is 10.6 Å². The summed E-state index contributed by atoms with van der Waals surface area (Å²) in [5, 5.41) is 8.76. The lowest BCUT2D eigenvalue weighted by Crippen LogP contribution is -2.05. The maximum atomic E-state index is 9.63. The minimum absolute atomic E-state index is 0.184. The molecular formula is C11H15ClO3. The lowest BCUT2D eigenvalue weighted by molar-refractivity contribution is -0.142. The highest BCUT2D eigenvalue weighted by Crippen LogP contribution is 2.11. The Balaban J connectivity index is 0.000000265. The zero-order chi connectivity index (χ0) is 11.7. The molecule has 1 aromatic carbocycles. The molecule has 1 aromatic rings. The quantitative estimate of drug-likeness (QED) is 0.869. The van der Waals surface area contributed by atoms with E-state index in [9.17, 15) is 4.79 Å². The average Bonchev–Trinajstić information content (AvgIpc) is 2.20. The molecule has 0 bridgehead atoms. The minimum Gasteiger partial charge on any atom is -0.480 e. The molecule has 0 aliphatic heterocycles. The number of hydrogen-bond donors (Lipinski definition) is 1. The first kappa shape index (κ1) is 13.9. The van der Waals surface area contributed by atoms with Crippen molar-refractivity contribution in [2.45, 2.75) is 13.8 Å². The summed E-state index contributed by atoms with van der Waals surface area (Å²) in [4.78, 5) is 9.63. The summed E-state index contributed by atoms with van der Waals surface area (Å²) in [6.45, 7) is 4.02. The third kappa shape index (κ3) is 7.97. The van der Waals surface area contributed by atoms with Crippen molar-refractivity contribution in [3.8, 4) is 0 Å². The number of hydrogen-bond acceptors (Lipinski definition) is 2. The Morgan fingerprint density at radius 1 is 1.47 bits per heavy atom. The Morgan fingerprint density at radius 2 is 2.07 bits per heavy atom. The van der Waals surface area contributed by atoms with Crippen LogP contribution in [0.4, 0.5) is 0 Å². The van der Waals surface area contributed by atoms with E-state index in [1.807, 2.05) is 31.2 Å². The Hall–Kier alpha value is -1.06. The molecule has 0 aliphatic carbocycles. The number of carboxylic acid groups (broad SMARTS) is 1. The molecule has 0 atom stereocenters. The van der Waals surface area contributed by atoms with E-state index in [1.54, 1.807) is 6.92 Å². The second-order valence-electron chi connectivity index (χ2n) is 2.78. The van der Waals surface area contributed by atoms with E-state index in [2.05, 4.69) is 4.74 Å². The molecule has 0 aromatic heterocycles. The van der Waals surface area contributed by atoms with Gasteiger partial charge in [-0.1, -0.05) is 29.8 Å². The summed E-state index contributed by atoms with van der Waals surface area (Å²) in [5.74, 6) is -0.915. The van der Waals surface area contributed by atoms with E-state index >= 15 is 0 Å². The summed E-state index contributed by atoms with van der Waals surface area (Å²) in [6, 6.07) is 7.77. The number of benzene rings is 1. The van der Waals surface area contributed by atoms with Crippen LogP contribution in [0.2, 0.25) is 5.02 Å². The smallest absolute Gasteiger partial charge is 0.329 e. The highest BCUT2D eigenvalue weighted by atomic mass is 35.5. The maximum absolute atomic E-state index is 9.63. The number of ether oxygens (including phenoxy) is 1. The fraction of sp³-hybridized carbons (Fsp3) is 0.364. The number of carboxylic acids is 1. The maximum Gasteiger partial charge on any atom is 0.329 e. The van der Waals surface area contributed by atoms with Gasteiger partial charge >= 0.3 is 5.97 Å². The van der Waals surface area contributed by atoms with E-state index in [4.69, 9.17) is 16.7 Å². The van der Waals surface area contributed by atoms with Crippen LogP contribution in [-0.2, 0) is 9.53 Å². The Labute approximate surface area is 94.6 Å². The van der Waals surface area contributed by atoms with Crippen molar-refractivity contribution in [1.29, 1.82) is 0 Å². The third-order valence-corrected chi connectivity index (χ3v) is 1.93. The molecule has 0 heterocycles. The fourth-order valence-electron chi connectivity index (χ4n) is 0.740. The summed E-state index contributed by atoms with van der Waals surface area (Å²) in [5.41, 5.74) is 1.13. The molecule has 3 nitrogen and oxygen atoms in total. The molecule has 0 spiro atoms. The molecule has 15 heavy (non-hydrogen) atoms. The van der Waals surface area contributed by atoms with Crippen LogP contribution in [0.5, 0.6) is 0 Å². The lowest BCUT2D eigenvalue weighted by Gasteiger charge is -1.90. The summed E-state index contributed by atoms with van der Waals surface area (Å²) < 4.78 is 4.50. The lowest BCUT2D eigenvalue weighted by atomic mass is 10.2. The minimum atomic E-state index is -0.915. The molecule has 1 rings (SSSR count). The van der Waals surface area contributed by atoms with E-state index in [0.29, 0.717) is 6.61 Å². The van der Waals surface area contributed by atoms with Gasteiger partial charge in [-0.2, -0.15) is 0 Å². The predicted octanol–water partition coefficient (Wildman–Crippen LogP) is 2.76. The molecule has 0 aliphatic rings. The second kappa shape index (κ2) is 8.26. The van der Waals surface area contributed by atoms with Crippen LogP contribution in [0.3, 0.4) is 0 Å². The van der Waals surface area contributed by atoms with Gasteiger partial charge in [0.2, 0.25) is 0 Å². The van der Waals surface area contributed by atoms with Crippen LogP contribution < -0.4 is 0 Å². The van der Waals surface area contributed by atoms with Crippen molar-refractivity contribution < 1.29 is 14.6 Å². The standard InChI is InChI=1S/C7H7Cl.C4H8O3/c1-6-4-2-3-5-7(6)8;1-2-7-3-4(5)6/h2-5H,1H3;2-3H2,1H3,(H,5,6). The van der Waals surface area contributed by atoms with Gasteiger partial charge in [-0.25, -0.2) is 4.79 Å². The summed E-state index contributed by atoms with van der Waals surface area (Å²) >= 11 is 5.71. The molecule has 1 N–H and O–H groups in total. The van der Waals surface area contributed by atoms with E-state index in [1.165, 1.54) is 0 Å². The van der Waals surface area contributed by atoms with Crippen LogP contribution in [0.15, 0.2) is 24.3 Å². The van der Waals surface area contributed by atoms with Gasteiger partial charge in [0.1, 0.15) is 6.61 Å². The molecule has 0 saturated heterocycles. The van der Waals surface area contributed by atoms with Gasteiger partial charge in [-0.15, -0.1) is 0 Å². The van der Waals surface area contributed by atoms with Gasteiger partial charge in [-0.05, 0) is 25.5 Å². The van der Waals surface area contributed by atoms with Crippen molar-refractivity contribution >= 4 is 17.6 Å². The molecule has 0 amide bonds. The van der Waals surface area contributed by atoms with Crippen LogP contribution in [0, 0.1) is 6.92 Å². The first-order valence-corrected chi connectivity index (χ1v) is 4.96. The zero-order valence-corrected chi connectivity index (χ0v) is 9.62. The van der Waals surface area contributed by atoms with Crippen molar-refractivity contribution in [3.63, 3.8) is 0 Å². The van der Waals surface area contributed by atoms with Gasteiger partial charge in [0, 0.05) is 11.6 Å². The first-order valence-electron chi connectivity index (χ1n) is 4.58. The van der Waals surface area contributed by atoms with Crippen molar-refractivity contribution in [3.05, 3.63) is 34.9 Å². The van der Waals surface area contributed by atoms with Crippen molar-refractivity contribution in [2.75, 3.05) is 13.2 Å². The molecule has 0 radical (unpaired) electrons. The van der Waals surface area contributed by atoms with Gasteiger partial charge in [0.25, 0.3) is 0 Å². The fourth-order valence-corrected chi connectivity index (χ4v) is 0.876. The third-order valence-electron chi connectivity index (χ3n) is 1.51. The first-order chi connectivity index (χ1) is 7.07. The Bertz CT molecular complexity index is 279. The van der Waals surface area contributed by atoms with Gasteiger partial charge in [-0.3, -0.25) is 0 Å². The van der Waals surface area contributed by atoms with Gasteiger partial charge in [0.15, 0.2) is 0 Å². The van der Waals surface area contributed by atoms with E-state index in [-0.39, 0.29) is 6.61 Å². The van der Waals surface area contributed by atoms with Crippen LogP contribution in [0.25, 0.3) is 0 Å². The predicted molar refractivity (Wildman–Crippen MR) is 60.3 cm³/mol. The Morgan fingerprint density at radius 3 is 2.33 bits per heavy atom. The van der Waals surface area contributed by atoms with Crippen LogP contribution in [0.1, 0.15) is 12.5 Å². The molecule has 0 fully saturated rings. The summed E-state index contributed by atoms with van der Waals surface area (Å²) in [7, 11) is 0. The Kier molecular flexibility index (Phi) is 7.68. The second-order valence-corrected chi connectivity index (χ2v) is 3.19. The highest BCUT2D eigenvalue weighted by molar-refractivity contribution is 6.31. The monoisotopic (exact) mass is 230 g/mol. The number of rotatable bonds is 3. The molecular weight excluding hydrogens is 216 g/mol. The molecule has 0 unspecified atom stereocenters. The topological polar surface area (TPSA) is 46.5 Å². The van der Waals surface area contributed by atoms with Crippen molar-refractivity contribution in [2.24, 2.45) is 0 Å². The van der Waals surface area contributed by atoms with Gasteiger partial charge < -0.3 is 9.84 Å². The molecule has 0 saturated carbocycles. The highest BCUT2D eigenvalue weighted by Gasteiger charge is 1.90. The van der Waals surface area contributed by atoms with Crippen LogP contribution >= 0.6 is 11.6 Å². The van der Waals surface area contributed by atoms with Crippen LogP contribution in [-0.4, -0.2) is 24.3 Å². The average molecular weight is 231 g/mol. The normalized spacial score (nSPS) is 9.00. The van der Waals surface area contributed by atoms with Crippen molar-refractivity contribution in [1.82, 2.24) is 0 Å². The van der Waals surface area contributed by atoms with Gasteiger partial charge in [0.05, 0.1) is 0 Å². The number of halogens is 1. The number of carbonyl (C=O) groups is 1. The number of aliphatic carboxylic acids is 1. The largest absolute Gasteiger partial charge is 0.480 e. The number of aryl methyl sites for hydroxylation is 1. The summed E-state index contributed by atoms with van der Waals surface area (Å²) in [6.07, 6.45) is 0.